The molecule has 2 amide bonds. The first-order chi connectivity index (χ1) is 8.67. The summed E-state index contributed by atoms with van der Waals surface area (Å²) in [4.78, 5) is 25.1. The van der Waals surface area contributed by atoms with Gasteiger partial charge in [0.05, 0.1) is 7.11 Å². The highest BCUT2D eigenvalue weighted by molar-refractivity contribution is 6.05. The molecule has 0 saturated carbocycles. The summed E-state index contributed by atoms with van der Waals surface area (Å²) in [6.45, 7) is 0. The Morgan fingerprint density at radius 3 is 2.50 bits per heavy atom. The average Bonchev–Trinajstić information content (AvgIpc) is 2.79. The zero-order valence-corrected chi connectivity index (χ0v) is 10.4. The van der Waals surface area contributed by atoms with Crippen LogP contribution in [0.4, 0.5) is 0 Å². The lowest BCUT2D eigenvalue weighted by molar-refractivity contribution is -0.130. The van der Waals surface area contributed by atoms with Crippen LogP contribution in [0.25, 0.3) is 0 Å². The second kappa shape index (κ2) is 5.18. The van der Waals surface area contributed by atoms with Crippen molar-refractivity contribution < 1.29 is 19.1 Å². The van der Waals surface area contributed by atoms with Crippen LogP contribution in [0.1, 0.15) is 23.2 Å². The first-order valence-electron chi connectivity index (χ1n) is 5.70. The van der Waals surface area contributed by atoms with E-state index in [1.54, 1.807) is 31.4 Å². The molecule has 0 radical (unpaired) electrons. The van der Waals surface area contributed by atoms with Crippen molar-refractivity contribution in [2.75, 3.05) is 14.2 Å². The molecular formula is C13H15NO4. The van der Waals surface area contributed by atoms with Crippen molar-refractivity contribution in [3.63, 3.8) is 0 Å². The van der Waals surface area contributed by atoms with E-state index in [1.165, 1.54) is 12.0 Å². The highest BCUT2D eigenvalue weighted by Crippen LogP contribution is 2.22. The van der Waals surface area contributed by atoms with Gasteiger partial charge in [-0.15, -0.1) is 0 Å². The van der Waals surface area contributed by atoms with Gasteiger partial charge in [0.1, 0.15) is 12.0 Å². The number of rotatable bonds is 3. The third kappa shape index (κ3) is 2.22. The molecular weight excluding hydrogens is 234 g/mol. The van der Waals surface area contributed by atoms with E-state index in [4.69, 9.17) is 9.47 Å². The van der Waals surface area contributed by atoms with Crippen LogP contribution in [0.2, 0.25) is 0 Å². The number of methoxy groups -OCH3 is 2. The number of hydrogen-bond donors (Lipinski definition) is 0. The van der Waals surface area contributed by atoms with Gasteiger partial charge in [0.2, 0.25) is 5.91 Å². The molecule has 2 rings (SSSR count). The number of nitrogens with zero attached hydrogens (tertiary/aromatic N) is 1. The molecule has 1 aromatic rings. The molecule has 18 heavy (non-hydrogen) atoms. The summed E-state index contributed by atoms with van der Waals surface area (Å²) >= 11 is 0. The van der Waals surface area contributed by atoms with E-state index in [0.29, 0.717) is 24.2 Å². The fourth-order valence-corrected chi connectivity index (χ4v) is 2.00. The minimum atomic E-state index is -0.452. The predicted molar refractivity (Wildman–Crippen MR) is 64.2 cm³/mol. The maximum Gasteiger partial charge on any atom is 0.262 e. The quantitative estimate of drug-likeness (QED) is 0.760. The number of imide groups is 1. The van der Waals surface area contributed by atoms with Crippen molar-refractivity contribution in [3.05, 3.63) is 29.8 Å². The molecule has 1 atom stereocenters. The summed E-state index contributed by atoms with van der Waals surface area (Å²) in [5, 5.41) is 0. The third-order valence-corrected chi connectivity index (χ3v) is 2.99. The maximum atomic E-state index is 12.2. The van der Waals surface area contributed by atoms with Crippen molar-refractivity contribution in [3.8, 4) is 5.75 Å². The van der Waals surface area contributed by atoms with Gasteiger partial charge in [-0.1, -0.05) is 0 Å². The highest BCUT2D eigenvalue weighted by Gasteiger charge is 2.36. The highest BCUT2D eigenvalue weighted by atomic mass is 16.5. The Hall–Kier alpha value is -1.88. The zero-order chi connectivity index (χ0) is 13.1. The summed E-state index contributed by atoms with van der Waals surface area (Å²) in [5.41, 5.74) is 0.452. The SMILES string of the molecule is COc1ccc(C(=O)N2C(=O)CCC2OC)cc1. The fraction of sp³-hybridized carbons (Fsp3) is 0.385. The normalized spacial score (nSPS) is 19.1. The van der Waals surface area contributed by atoms with Crippen LogP contribution in [0, 0.1) is 0 Å². The van der Waals surface area contributed by atoms with Crippen LogP contribution >= 0.6 is 0 Å². The van der Waals surface area contributed by atoms with Gasteiger partial charge in [0.15, 0.2) is 0 Å². The molecule has 0 aromatic heterocycles. The number of likely N-dealkylation sites (tertiary alicyclic amines) is 1. The molecule has 5 nitrogen and oxygen atoms in total. The molecule has 1 heterocycles. The van der Waals surface area contributed by atoms with E-state index in [-0.39, 0.29) is 11.8 Å². The van der Waals surface area contributed by atoms with Crippen molar-refractivity contribution >= 4 is 11.8 Å². The Bertz CT molecular complexity index is 455. The Balaban J connectivity index is 2.21. The van der Waals surface area contributed by atoms with Gasteiger partial charge in [0.25, 0.3) is 5.91 Å². The molecule has 1 unspecified atom stereocenters. The maximum absolute atomic E-state index is 12.2. The molecule has 1 aliphatic rings. The van der Waals surface area contributed by atoms with Crippen molar-refractivity contribution in [1.82, 2.24) is 4.90 Å². The lowest BCUT2D eigenvalue weighted by atomic mass is 10.2. The molecule has 96 valence electrons. The van der Waals surface area contributed by atoms with Crippen LogP contribution < -0.4 is 4.74 Å². The van der Waals surface area contributed by atoms with Gasteiger partial charge in [-0.05, 0) is 24.3 Å². The van der Waals surface area contributed by atoms with E-state index in [0.717, 1.165) is 0 Å². The summed E-state index contributed by atoms with van der Waals surface area (Å²) in [6, 6.07) is 6.66. The van der Waals surface area contributed by atoms with E-state index >= 15 is 0 Å². The van der Waals surface area contributed by atoms with Crippen LogP contribution in [-0.4, -0.2) is 37.2 Å². The second-order valence-corrected chi connectivity index (χ2v) is 4.03. The smallest absolute Gasteiger partial charge is 0.262 e. The average molecular weight is 249 g/mol. The monoisotopic (exact) mass is 249 g/mol. The first kappa shape index (κ1) is 12.6. The van der Waals surface area contributed by atoms with Crippen LogP contribution in [0.15, 0.2) is 24.3 Å². The molecule has 1 saturated heterocycles. The van der Waals surface area contributed by atoms with Crippen LogP contribution in [0.3, 0.4) is 0 Å². The Morgan fingerprint density at radius 2 is 1.94 bits per heavy atom. The van der Waals surface area contributed by atoms with Crippen molar-refractivity contribution in [2.45, 2.75) is 19.1 Å². The number of amides is 2. The summed E-state index contributed by atoms with van der Waals surface area (Å²) < 4.78 is 10.2. The molecule has 1 aromatic carbocycles. The number of benzene rings is 1. The molecule has 1 fully saturated rings. The minimum absolute atomic E-state index is 0.192. The predicted octanol–water partition coefficient (Wildman–Crippen LogP) is 1.43. The van der Waals surface area contributed by atoms with Crippen molar-refractivity contribution in [1.29, 1.82) is 0 Å². The van der Waals surface area contributed by atoms with Crippen LogP contribution in [-0.2, 0) is 9.53 Å². The topological polar surface area (TPSA) is 55.8 Å². The Labute approximate surface area is 105 Å². The molecule has 0 N–H and O–H groups in total. The molecule has 1 aliphatic heterocycles. The third-order valence-electron chi connectivity index (χ3n) is 2.99. The molecule has 5 heteroatoms. The second-order valence-electron chi connectivity index (χ2n) is 4.03. The number of carbonyl (C=O) groups is 2. The van der Waals surface area contributed by atoms with Gasteiger partial charge < -0.3 is 9.47 Å². The largest absolute Gasteiger partial charge is 0.497 e. The summed E-state index contributed by atoms with van der Waals surface area (Å²) in [5.74, 6) is 0.150. The molecule has 0 spiro atoms. The minimum Gasteiger partial charge on any atom is -0.497 e. The van der Waals surface area contributed by atoms with E-state index in [1.807, 2.05) is 0 Å². The van der Waals surface area contributed by atoms with Crippen LogP contribution in [0.5, 0.6) is 5.75 Å². The Kier molecular flexibility index (Phi) is 3.62. The summed E-state index contributed by atoms with van der Waals surface area (Å²) in [7, 11) is 3.05. The zero-order valence-electron chi connectivity index (χ0n) is 10.4. The number of carbonyl (C=O) groups excluding carboxylic acids is 2. The van der Waals surface area contributed by atoms with Gasteiger partial charge in [0, 0.05) is 25.5 Å². The van der Waals surface area contributed by atoms with Gasteiger partial charge in [-0.25, -0.2) is 0 Å². The lowest BCUT2D eigenvalue weighted by Crippen LogP contribution is -2.39. The number of ether oxygens (including phenoxy) is 2. The fourth-order valence-electron chi connectivity index (χ4n) is 2.00. The van der Waals surface area contributed by atoms with Crippen molar-refractivity contribution in [2.24, 2.45) is 0 Å². The molecule has 0 aliphatic carbocycles. The standard InChI is InChI=1S/C13H15NO4/c1-17-10-5-3-9(4-6-10)13(16)14-11(15)7-8-12(14)18-2/h3-6,12H,7-8H2,1-2H3. The summed E-state index contributed by atoms with van der Waals surface area (Å²) in [6.07, 6.45) is 0.449. The van der Waals surface area contributed by atoms with Gasteiger partial charge >= 0.3 is 0 Å². The lowest BCUT2D eigenvalue weighted by Gasteiger charge is -2.21. The van der Waals surface area contributed by atoms with Gasteiger partial charge in [-0.2, -0.15) is 0 Å². The Morgan fingerprint density at radius 1 is 1.28 bits per heavy atom. The van der Waals surface area contributed by atoms with E-state index < -0.39 is 6.23 Å². The molecule has 0 bridgehead atoms. The van der Waals surface area contributed by atoms with E-state index in [2.05, 4.69) is 0 Å². The number of hydrogen-bond acceptors (Lipinski definition) is 4. The first-order valence-corrected chi connectivity index (χ1v) is 5.70. The van der Waals surface area contributed by atoms with Gasteiger partial charge in [-0.3, -0.25) is 14.5 Å². The van der Waals surface area contributed by atoms with E-state index in [9.17, 15) is 9.59 Å².